The monoisotopic (exact) mass is 226 g/mol. The third kappa shape index (κ3) is 2.08. The largest absolute Gasteiger partial charge is 0.326 e. The number of halogens is 2. The maximum atomic E-state index is 12.4. The van der Waals surface area contributed by atoms with E-state index in [9.17, 15) is 8.78 Å². The molecule has 1 aromatic carbocycles. The first-order valence-electron chi connectivity index (χ1n) is 5.43. The fraction of sp³-hybridized carbons (Fsp3) is 0.500. The Kier molecular flexibility index (Phi) is 3.21. The van der Waals surface area contributed by atoms with Crippen molar-refractivity contribution in [3.05, 3.63) is 35.4 Å². The molecule has 1 aromatic rings. The summed E-state index contributed by atoms with van der Waals surface area (Å²) in [5.41, 5.74) is 7.10. The summed E-state index contributed by atoms with van der Waals surface area (Å²) in [5.74, 6) is 0. The second-order valence-corrected chi connectivity index (χ2v) is 4.35. The number of rotatable bonds is 2. The van der Waals surface area contributed by atoms with E-state index in [1.807, 2.05) is 7.05 Å². The number of alkyl halides is 2. The van der Waals surface area contributed by atoms with Crippen LogP contribution in [0.4, 0.5) is 8.78 Å². The first-order chi connectivity index (χ1) is 7.59. The molecule has 0 radical (unpaired) electrons. The number of benzene rings is 1. The Morgan fingerprint density at radius 3 is 2.38 bits per heavy atom. The lowest BCUT2D eigenvalue weighted by atomic mass is 10.00. The maximum absolute atomic E-state index is 12.4. The number of nitrogens with zero attached hydrogens (tertiary/aromatic N) is 1. The molecule has 4 heteroatoms. The lowest BCUT2D eigenvalue weighted by Crippen LogP contribution is -2.29. The van der Waals surface area contributed by atoms with Gasteiger partial charge in [-0.05, 0) is 19.0 Å². The highest BCUT2D eigenvalue weighted by Gasteiger charge is 2.30. The minimum absolute atomic E-state index is 0.0676. The molecule has 2 atom stereocenters. The zero-order valence-electron chi connectivity index (χ0n) is 9.24. The second-order valence-electron chi connectivity index (χ2n) is 4.35. The Hall–Kier alpha value is -1.00. The van der Waals surface area contributed by atoms with Gasteiger partial charge in [-0.25, -0.2) is 8.78 Å². The van der Waals surface area contributed by atoms with Crippen molar-refractivity contribution in [2.24, 2.45) is 5.73 Å². The van der Waals surface area contributed by atoms with Crippen LogP contribution in [-0.2, 0) is 0 Å². The van der Waals surface area contributed by atoms with Crippen LogP contribution in [0, 0.1) is 0 Å². The maximum Gasteiger partial charge on any atom is 0.263 e. The summed E-state index contributed by atoms with van der Waals surface area (Å²) in [7, 11) is 2.01. The molecule has 2 nitrogen and oxygen atoms in total. The number of hydrogen-bond acceptors (Lipinski definition) is 2. The van der Waals surface area contributed by atoms with Gasteiger partial charge in [0.05, 0.1) is 0 Å². The van der Waals surface area contributed by atoms with Gasteiger partial charge in [-0.2, -0.15) is 0 Å². The lowest BCUT2D eigenvalue weighted by molar-refractivity contribution is 0.151. The Balaban J connectivity index is 2.21. The standard InChI is InChI=1S/C12H16F2N2/c1-16-7-6-10(15)11(16)8-2-4-9(5-3-8)12(13)14/h2-5,10-12H,6-7,15H2,1H3. The molecule has 2 rings (SSSR count). The third-order valence-corrected chi connectivity index (χ3v) is 3.23. The highest BCUT2D eigenvalue weighted by atomic mass is 19.3. The molecule has 1 heterocycles. The zero-order valence-corrected chi connectivity index (χ0v) is 9.24. The number of hydrogen-bond donors (Lipinski definition) is 1. The fourth-order valence-corrected chi connectivity index (χ4v) is 2.32. The van der Waals surface area contributed by atoms with Crippen LogP contribution < -0.4 is 5.73 Å². The average molecular weight is 226 g/mol. The van der Waals surface area contributed by atoms with Crippen LogP contribution in [0.5, 0.6) is 0 Å². The average Bonchev–Trinajstić information content (AvgIpc) is 2.59. The van der Waals surface area contributed by atoms with Crippen molar-refractivity contribution in [3.63, 3.8) is 0 Å². The molecular weight excluding hydrogens is 210 g/mol. The molecule has 0 saturated carbocycles. The van der Waals surface area contributed by atoms with Gasteiger partial charge in [0.25, 0.3) is 6.43 Å². The summed E-state index contributed by atoms with van der Waals surface area (Å²) < 4.78 is 24.8. The van der Waals surface area contributed by atoms with E-state index in [0.29, 0.717) is 0 Å². The van der Waals surface area contributed by atoms with Crippen molar-refractivity contribution >= 4 is 0 Å². The molecule has 0 bridgehead atoms. The highest BCUT2D eigenvalue weighted by Crippen LogP contribution is 2.30. The molecule has 0 amide bonds. The molecular formula is C12H16F2N2. The molecule has 1 saturated heterocycles. The fourth-order valence-electron chi connectivity index (χ4n) is 2.32. The van der Waals surface area contributed by atoms with Gasteiger partial charge in [-0.1, -0.05) is 24.3 Å². The normalized spacial score (nSPS) is 26.6. The van der Waals surface area contributed by atoms with E-state index in [2.05, 4.69) is 4.90 Å². The van der Waals surface area contributed by atoms with Gasteiger partial charge in [-0.3, -0.25) is 4.90 Å². The van der Waals surface area contributed by atoms with Crippen molar-refractivity contribution in [2.45, 2.75) is 24.9 Å². The van der Waals surface area contributed by atoms with E-state index in [0.717, 1.165) is 18.5 Å². The van der Waals surface area contributed by atoms with Crippen molar-refractivity contribution < 1.29 is 8.78 Å². The van der Waals surface area contributed by atoms with Crippen molar-refractivity contribution in [1.82, 2.24) is 4.90 Å². The van der Waals surface area contributed by atoms with E-state index in [-0.39, 0.29) is 17.6 Å². The van der Waals surface area contributed by atoms with Gasteiger partial charge in [0.1, 0.15) is 0 Å². The van der Waals surface area contributed by atoms with E-state index in [1.165, 1.54) is 12.1 Å². The Bertz CT molecular complexity index is 341. The van der Waals surface area contributed by atoms with E-state index in [1.54, 1.807) is 12.1 Å². The molecule has 2 N–H and O–H groups in total. The van der Waals surface area contributed by atoms with Gasteiger partial charge >= 0.3 is 0 Å². The summed E-state index contributed by atoms with van der Waals surface area (Å²) in [6.07, 6.45) is -1.44. The predicted molar refractivity (Wildman–Crippen MR) is 59.4 cm³/mol. The topological polar surface area (TPSA) is 29.3 Å². The zero-order chi connectivity index (χ0) is 11.7. The van der Waals surface area contributed by atoms with Gasteiger partial charge in [0, 0.05) is 24.2 Å². The summed E-state index contributed by atoms with van der Waals surface area (Å²) in [4.78, 5) is 2.17. The third-order valence-electron chi connectivity index (χ3n) is 3.23. The molecule has 0 aromatic heterocycles. The van der Waals surface area contributed by atoms with Crippen LogP contribution in [0.1, 0.15) is 30.0 Å². The number of likely N-dealkylation sites (N-methyl/N-ethyl adjacent to an activating group) is 1. The first-order valence-corrected chi connectivity index (χ1v) is 5.43. The summed E-state index contributed by atoms with van der Waals surface area (Å²) >= 11 is 0. The molecule has 1 fully saturated rings. The van der Waals surface area contributed by atoms with E-state index < -0.39 is 6.43 Å². The predicted octanol–water partition coefficient (Wildman–Crippen LogP) is 2.33. The molecule has 0 spiro atoms. The van der Waals surface area contributed by atoms with Gasteiger partial charge in [0.2, 0.25) is 0 Å². The van der Waals surface area contributed by atoms with Gasteiger partial charge < -0.3 is 5.73 Å². The van der Waals surface area contributed by atoms with Gasteiger partial charge in [0.15, 0.2) is 0 Å². The Labute approximate surface area is 94.0 Å². The molecule has 1 aliphatic heterocycles. The molecule has 1 aliphatic rings. The lowest BCUT2D eigenvalue weighted by Gasteiger charge is -2.23. The van der Waals surface area contributed by atoms with Gasteiger partial charge in [-0.15, -0.1) is 0 Å². The minimum atomic E-state index is -2.40. The summed E-state index contributed by atoms with van der Waals surface area (Å²) in [6.45, 7) is 0.961. The van der Waals surface area contributed by atoms with Crippen LogP contribution in [0.2, 0.25) is 0 Å². The minimum Gasteiger partial charge on any atom is -0.326 e. The van der Waals surface area contributed by atoms with E-state index >= 15 is 0 Å². The number of likely N-dealkylation sites (tertiary alicyclic amines) is 1. The van der Waals surface area contributed by atoms with Crippen LogP contribution in [-0.4, -0.2) is 24.5 Å². The molecule has 88 valence electrons. The Morgan fingerprint density at radius 1 is 1.31 bits per heavy atom. The van der Waals surface area contributed by atoms with Crippen LogP contribution in [0.25, 0.3) is 0 Å². The Morgan fingerprint density at radius 2 is 1.94 bits per heavy atom. The van der Waals surface area contributed by atoms with Crippen LogP contribution in [0.15, 0.2) is 24.3 Å². The highest BCUT2D eigenvalue weighted by molar-refractivity contribution is 5.27. The first kappa shape index (κ1) is 11.5. The molecule has 0 aliphatic carbocycles. The van der Waals surface area contributed by atoms with Crippen molar-refractivity contribution in [1.29, 1.82) is 0 Å². The second kappa shape index (κ2) is 4.47. The van der Waals surface area contributed by atoms with Crippen molar-refractivity contribution in [2.75, 3.05) is 13.6 Å². The SMILES string of the molecule is CN1CCC(N)C1c1ccc(C(F)F)cc1. The smallest absolute Gasteiger partial charge is 0.263 e. The number of nitrogens with two attached hydrogens (primary N) is 1. The van der Waals surface area contributed by atoms with E-state index in [4.69, 9.17) is 5.73 Å². The quantitative estimate of drug-likeness (QED) is 0.838. The molecule has 2 unspecified atom stereocenters. The van der Waals surface area contributed by atoms with Crippen LogP contribution >= 0.6 is 0 Å². The summed E-state index contributed by atoms with van der Waals surface area (Å²) in [5, 5.41) is 0. The summed E-state index contributed by atoms with van der Waals surface area (Å²) in [6, 6.07) is 6.74. The van der Waals surface area contributed by atoms with Crippen LogP contribution in [0.3, 0.4) is 0 Å². The molecule has 16 heavy (non-hydrogen) atoms. The van der Waals surface area contributed by atoms with Crippen molar-refractivity contribution in [3.8, 4) is 0 Å².